The molecule has 12 nitrogen and oxygen atoms in total. The zero-order valence-electron chi connectivity index (χ0n) is 27.9. The molecule has 2 aromatic rings. The van der Waals surface area contributed by atoms with Crippen LogP contribution in [0.1, 0.15) is 42.4 Å². The van der Waals surface area contributed by atoms with Crippen LogP contribution in [0.3, 0.4) is 0 Å². The molecule has 0 aromatic heterocycles. The first-order valence-corrected chi connectivity index (χ1v) is 17.9. The van der Waals surface area contributed by atoms with Crippen molar-refractivity contribution in [1.82, 2.24) is 29.8 Å². The molecule has 49 heavy (non-hydrogen) atoms. The van der Waals surface area contributed by atoms with Crippen molar-refractivity contribution in [2.45, 2.75) is 63.7 Å². The van der Waals surface area contributed by atoms with E-state index in [0.717, 1.165) is 61.4 Å². The molecule has 2 aromatic carbocycles. The first-order valence-electron chi connectivity index (χ1n) is 17.2. The van der Waals surface area contributed by atoms with E-state index < -0.39 is 12.0 Å². The van der Waals surface area contributed by atoms with E-state index in [-0.39, 0.29) is 37.0 Å². The van der Waals surface area contributed by atoms with Crippen LogP contribution in [0.15, 0.2) is 36.4 Å². The van der Waals surface area contributed by atoms with Gasteiger partial charge in [0.15, 0.2) is 0 Å². The molecule has 0 bridgehead atoms. The summed E-state index contributed by atoms with van der Waals surface area (Å²) in [7, 11) is 0. The van der Waals surface area contributed by atoms with Crippen molar-refractivity contribution in [2.75, 3.05) is 64.2 Å². The number of halogens is 2. The van der Waals surface area contributed by atoms with Crippen LogP contribution in [0.2, 0.25) is 10.0 Å². The van der Waals surface area contributed by atoms with Gasteiger partial charge in [0.05, 0.1) is 6.54 Å². The summed E-state index contributed by atoms with van der Waals surface area (Å²) in [6, 6.07) is 10.5. The fourth-order valence-electron chi connectivity index (χ4n) is 7.54. The smallest absolute Gasteiger partial charge is 0.322 e. The summed E-state index contributed by atoms with van der Waals surface area (Å²) in [5.41, 5.74) is 3.44. The Hall–Kier alpha value is -3.58. The van der Waals surface area contributed by atoms with Crippen molar-refractivity contribution in [3.63, 3.8) is 0 Å². The molecule has 1 unspecified atom stereocenters. The third-order valence-corrected chi connectivity index (χ3v) is 11.3. The lowest BCUT2D eigenvalue weighted by Crippen LogP contribution is -2.58. The number of fused-ring (bicyclic) bond motifs is 1. The Morgan fingerprint density at radius 1 is 0.898 bits per heavy atom. The predicted octanol–water partition coefficient (Wildman–Crippen LogP) is 4.13. The van der Waals surface area contributed by atoms with Gasteiger partial charge in [-0.3, -0.25) is 19.4 Å². The summed E-state index contributed by atoms with van der Waals surface area (Å²) in [5.74, 6) is -0.941. The number of benzene rings is 2. The molecule has 1 atom stereocenters. The topological polar surface area (TPSA) is 129 Å². The van der Waals surface area contributed by atoms with Gasteiger partial charge in [-0.25, -0.2) is 9.59 Å². The number of nitrogens with one attached hydrogen (secondary N) is 2. The standard InChI is InChI=1S/C35H45Cl2N7O5/c1-23-28(36)18-24(19-29(23)37)20-31(33(47)42-10-6-26(7-11-42)41-16-14-40(15-17-41)22-32(45)46)39-34(48)43-12-8-27(9-13-43)44-21-25-4-2-3-5-30(25)38-35(44)49/h2-5,18-19,26-27,31H,6-17,20-22H2,1H3,(H,38,49)(H,39,48)(H,45,46). The number of hydrogen-bond donors (Lipinski definition) is 3. The highest BCUT2D eigenvalue weighted by atomic mass is 35.5. The van der Waals surface area contributed by atoms with Crippen LogP contribution < -0.4 is 10.6 Å². The minimum absolute atomic E-state index is 0.00752. The van der Waals surface area contributed by atoms with Crippen LogP contribution in [-0.2, 0) is 22.6 Å². The van der Waals surface area contributed by atoms with Crippen molar-refractivity contribution in [3.8, 4) is 0 Å². The number of carboxylic acids is 1. The minimum Gasteiger partial charge on any atom is -0.480 e. The number of amides is 5. The summed E-state index contributed by atoms with van der Waals surface area (Å²) in [4.78, 5) is 61.5. The van der Waals surface area contributed by atoms with Crippen molar-refractivity contribution in [1.29, 1.82) is 0 Å². The molecule has 6 rings (SSSR count). The number of carbonyl (C=O) groups is 4. The summed E-state index contributed by atoms with van der Waals surface area (Å²) in [6.45, 7) is 7.59. The number of anilines is 1. The third kappa shape index (κ3) is 8.42. The highest BCUT2D eigenvalue weighted by molar-refractivity contribution is 6.36. The lowest BCUT2D eigenvalue weighted by Gasteiger charge is -2.43. The maximum atomic E-state index is 14.1. The number of carbonyl (C=O) groups excluding carboxylic acids is 3. The molecule has 14 heteroatoms. The number of carboxylic acid groups (broad SMARTS) is 1. The maximum Gasteiger partial charge on any atom is 0.322 e. The highest BCUT2D eigenvalue weighted by Crippen LogP contribution is 2.29. The van der Waals surface area contributed by atoms with E-state index in [4.69, 9.17) is 28.3 Å². The monoisotopic (exact) mass is 713 g/mol. The van der Waals surface area contributed by atoms with Crippen molar-refractivity contribution in [2.24, 2.45) is 0 Å². The molecule has 5 amide bonds. The van der Waals surface area contributed by atoms with Gasteiger partial charge in [-0.2, -0.15) is 0 Å². The number of hydrogen-bond acceptors (Lipinski definition) is 6. The molecule has 4 aliphatic rings. The molecule has 0 radical (unpaired) electrons. The van der Waals surface area contributed by atoms with Crippen LogP contribution in [0.25, 0.3) is 0 Å². The SMILES string of the molecule is Cc1c(Cl)cc(CC(NC(=O)N2CCC(N3Cc4ccccc4NC3=O)CC2)C(=O)N2CCC(N3CCN(CC(=O)O)CC3)CC2)cc1Cl. The summed E-state index contributed by atoms with van der Waals surface area (Å²) < 4.78 is 0. The molecule has 0 aliphatic carbocycles. The Morgan fingerprint density at radius 3 is 2.16 bits per heavy atom. The molecule has 3 saturated heterocycles. The van der Waals surface area contributed by atoms with Gasteiger partial charge >= 0.3 is 18.0 Å². The normalized spacial score (nSPS) is 20.5. The molecule has 3 fully saturated rings. The molecular weight excluding hydrogens is 669 g/mol. The second kappa shape index (κ2) is 15.5. The molecule has 3 N–H and O–H groups in total. The molecule has 264 valence electrons. The summed E-state index contributed by atoms with van der Waals surface area (Å²) >= 11 is 12.9. The van der Waals surface area contributed by atoms with Crippen LogP contribution in [0, 0.1) is 6.92 Å². The van der Waals surface area contributed by atoms with E-state index in [1.54, 1.807) is 17.0 Å². The Balaban J connectivity index is 1.07. The van der Waals surface area contributed by atoms with E-state index in [0.29, 0.717) is 61.7 Å². The average Bonchev–Trinajstić information content (AvgIpc) is 3.10. The van der Waals surface area contributed by atoms with Gasteiger partial charge in [-0.05, 0) is 67.5 Å². The zero-order chi connectivity index (χ0) is 34.7. The Bertz CT molecular complexity index is 1530. The van der Waals surface area contributed by atoms with Gasteiger partial charge < -0.3 is 30.4 Å². The number of para-hydroxylation sites is 1. The lowest BCUT2D eigenvalue weighted by atomic mass is 9.99. The van der Waals surface area contributed by atoms with Crippen LogP contribution in [0.5, 0.6) is 0 Å². The fourth-order valence-corrected chi connectivity index (χ4v) is 8.07. The van der Waals surface area contributed by atoms with E-state index in [1.165, 1.54) is 0 Å². The maximum absolute atomic E-state index is 14.1. The second-order valence-corrected chi connectivity index (χ2v) is 14.4. The van der Waals surface area contributed by atoms with Gasteiger partial charge in [0.1, 0.15) is 6.04 Å². The third-order valence-electron chi connectivity index (χ3n) is 10.5. The zero-order valence-corrected chi connectivity index (χ0v) is 29.4. The lowest BCUT2D eigenvalue weighted by molar-refractivity contribution is -0.138. The number of urea groups is 2. The van der Waals surface area contributed by atoms with E-state index in [9.17, 15) is 19.2 Å². The number of rotatable bonds is 8. The molecule has 4 aliphatic heterocycles. The molecular formula is C35H45Cl2N7O5. The summed E-state index contributed by atoms with van der Waals surface area (Å²) in [6.07, 6.45) is 3.16. The highest BCUT2D eigenvalue weighted by Gasteiger charge is 2.36. The Morgan fingerprint density at radius 2 is 1.51 bits per heavy atom. The van der Waals surface area contributed by atoms with Gasteiger partial charge in [0.2, 0.25) is 5.91 Å². The van der Waals surface area contributed by atoms with Gasteiger partial charge in [0, 0.05) is 93.1 Å². The number of nitrogens with zero attached hydrogens (tertiary/aromatic N) is 5. The second-order valence-electron chi connectivity index (χ2n) is 13.6. The minimum atomic E-state index is -0.806. The quantitative estimate of drug-likeness (QED) is 0.376. The fraction of sp³-hybridized carbons (Fsp3) is 0.543. The van der Waals surface area contributed by atoms with Gasteiger partial charge in [-0.15, -0.1) is 0 Å². The van der Waals surface area contributed by atoms with E-state index in [2.05, 4.69) is 15.5 Å². The van der Waals surface area contributed by atoms with Gasteiger partial charge in [-0.1, -0.05) is 41.4 Å². The first kappa shape index (κ1) is 35.3. The Labute approximate surface area is 297 Å². The van der Waals surface area contributed by atoms with Gasteiger partial charge in [0.25, 0.3) is 0 Å². The van der Waals surface area contributed by atoms with Crippen LogP contribution in [-0.4, -0.2) is 131 Å². The Kier molecular flexibility index (Phi) is 11.2. The van der Waals surface area contributed by atoms with Crippen LogP contribution >= 0.6 is 23.2 Å². The number of aliphatic carboxylic acids is 1. The first-order chi connectivity index (χ1) is 23.5. The molecule has 0 spiro atoms. The predicted molar refractivity (Wildman–Crippen MR) is 188 cm³/mol. The van der Waals surface area contributed by atoms with E-state index >= 15 is 0 Å². The number of piperidine rings is 2. The molecule has 0 saturated carbocycles. The van der Waals surface area contributed by atoms with Crippen LogP contribution in [0.4, 0.5) is 15.3 Å². The van der Waals surface area contributed by atoms with E-state index in [1.807, 2.05) is 45.9 Å². The largest absolute Gasteiger partial charge is 0.480 e. The average molecular weight is 715 g/mol. The van der Waals surface area contributed by atoms with Crippen molar-refractivity contribution >= 4 is 52.8 Å². The summed E-state index contributed by atoms with van der Waals surface area (Å²) in [5, 5.41) is 16.2. The number of piperazine rings is 1. The van der Waals surface area contributed by atoms with Crippen molar-refractivity contribution < 1.29 is 24.3 Å². The van der Waals surface area contributed by atoms with Crippen molar-refractivity contribution in [3.05, 3.63) is 63.1 Å². The number of likely N-dealkylation sites (tertiary alicyclic amines) is 2. The molecule has 4 heterocycles.